The van der Waals surface area contributed by atoms with Crippen molar-refractivity contribution in [3.05, 3.63) is 40.4 Å². The minimum absolute atomic E-state index is 0. The fraction of sp³-hybridized carbons (Fsp3) is 0.636. The Morgan fingerprint density at radius 2 is 1.30 bits per heavy atom. The predicted molar refractivity (Wildman–Crippen MR) is 186 cm³/mol. The first-order valence-corrected chi connectivity index (χ1v) is 16.3. The molecule has 0 saturated carbocycles. The topological polar surface area (TPSA) is 158 Å². The summed E-state index contributed by atoms with van der Waals surface area (Å²) in [7, 11) is 0. The summed E-state index contributed by atoms with van der Waals surface area (Å²) in [4.78, 5) is 35.4. The highest BCUT2D eigenvalue weighted by Gasteiger charge is 2.25. The van der Waals surface area contributed by atoms with Crippen LogP contribution in [0.2, 0.25) is 5.02 Å². The highest BCUT2D eigenvalue weighted by Crippen LogP contribution is 2.33. The summed E-state index contributed by atoms with van der Waals surface area (Å²) in [5, 5.41) is 12.2. The van der Waals surface area contributed by atoms with Crippen LogP contribution in [0.3, 0.4) is 0 Å². The standard InChI is InChI=1S/C22H29ClFN3O4.C11H24N2O2.ClH/c1-14-17(19(27-31-14)18-15(23)10-9-11-16(18)24)20(28)25-12-7-5-6-8-13-26-21(29)30-22(2,3)4;1-11(2,3)15-10(14)13-9-7-5-4-6-8-12;/h9-11H,5-8,12-13H2,1-4H3,(H,25,28)(H,26,29);4-9,12H2,1-3H3,(H,13,14);1H. The van der Waals surface area contributed by atoms with Crippen LogP contribution in [-0.4, -0.2) is 60.6 Å². The smallest absolute Gasteiger partial charge is 0.407 e. The molecular weight excluding hydrogens is 652 g/mol. The molecule has 47 heavy (non-hydrogen) atoms. The molecule has 0 unspecified atom stereocenters. The molecule has 0 atom stereocenters. The van der Waals surface area contributed by atoms with E-state index in [4.69, 9.17) is 31.3 Å². The van der Waals surface area contributed by atoms with E-state index in [2.05, 4.69) is 21.1 Å². The summed E-state index contributed by atoms with van der Waals surface area (Å²) in [6, 6.07) is 4.27. The van der Waals surface area contributed by atoms with Crippen LogP contribution in [0.15, 0.2) is 22.7 Å². The third-order valence-electron chi connectivity index (χ3n) is 6.15. The average molecular weight is 707 g/mol. The SMILES string of the molecule is CC(C)(C)OC(=O)NCCCCCCN.Cc1onc(-c2c(F)cccc2Cl)c1C(=O)NCCCCCCNC(=O)OC(C)(C)C.Cl. The fourth-order valence-corrected chi connectivity index (χ4v) is 4.31. The number of halogens is 3. The molecule has 0 bridgehead atoms. The van der Waals surface area contributed by atoms with Gasteiger partial charge in [-0.25, -0.2) is 14.0 Å². The van der Waals surface area contributed by atoms with Gasteiger partial charge in [0.2, 0.25) is 0 Å². The quantitative estimate of drug-likeness (QED) is 0.137. The zero-order valence-corrected chi connectivity index (χ0v) is 30.4. The molecule has 0 aliphatic rings. The van der Waals surface area contributed by atoms with Crippen molar-refractivity contribution in [2.75, 3.05) is 26.2 Å². The van der Waals surface area contributed by atoms with Gasteiger partial charge in [-0.05, 0) is 92.8 Å². The van der Waals surface area contributed by atoms with Gasteiger partial charge in [0.25, 0.3) is 5.91 Å². The fourth-order valence-electron chi connectivity index (χ4n) is 4.06. The highest BCUT2D eigenvalue weighted by molar-refractivity contribution is 6.33. The Balaban J connectivity index is 0.00000112. The lowest BCUT2D eigenvalue weighted by molar-refractivity contribution is 0.0515. The van der Waals surface area contributed by atoms with Gasteiger partial charge in [0.15, 0.2) is 0 Å². The van der Waals surface area contributed by atoms with Gasteiger partial charge in [-0.2, -0.15) is 0 Å². The van der Waals surface area contributed by atoms with Crippen LogP contribution >= 0.6 is 24.0 Å². The predicted octanol–water partition coefficient (Wildman–Crippen LogP) is 7.71. The first-order valence-electron chi connectivity index (χ1n) is 15.9. The molecule has 0 radical (unpaired) electrons. The number of carbonyl (C=O) groups excluding carboxylic acids is 3. The van der Waals surface area contributed by atoms with Crippen LogP contribution in [-0.2, 0) is 9.47 Å². The summed E-state index contributed by atoms with van der Waals surface area (Å²) in [5.74, 6) is -0.672. The normalized spacial score (nSPS) is 11.0. The van der Waals surface area contributed by atoms with Gasteiger partial charge in [-0.1, -0.05) is 48.5 Å². The third kappa shape index (κ3) is 19.4. The van der Waals surface area contributed by atoms with E-state index in [1.165, 1.54) is 18.2 Å². The van der Waals surface area contributed by atoms with Gasteiger partial charge in [0.05, 0.1) is 10.6 Å². The van der Waals surface area contributed by atoms with E-state index in [0.717, 1.165) is 57.9 Å². The molecule has 0 aliphatic heterocycles. The highest BCUT2D eigenvalue weighted by atomic mass is 35.5. The first-order chi connectivity index (χ1) is 21.6. The zero-order chi connectivity index (χ0) is 34.8. The van der Waals surface area contributed by atoms with Crippen molar-refractivity contribution >= 4 is 42.1 Å². The summed E-state index contributed by atoms with van der Waals surface area (Å²) >= 11 is 6.10. The van der Waals surface area contributed by atoms with Crippen molar-refractivity contribution < 1.29 is 32.8 Å². The lowest BCUT2D eigenvalue weighted by Crippen LogP contribution is -2.33. The molecule has 0 spiro atoms. The van der Waals surface area contributed by atoms with Gasteiger partial charge in [0.1, 0.15) is 34.0 Å². The number of benzene rings is 1. The van der Waals surface area contributed by atoms with E-state index in [9.17, 15) is 18.8 Å². The van der Waals surface area contributed by atoms with Crippen molar-refractivity contribution in [3.8, 4) is 11.3 Å². The molecule has 1 heterocycles. The van der Waals surface area contributed by atoms with Gasteiger partial charge in [-0.3, -0.25) is 4.79 Å². The number of rotatable bonds is 15. The summed E-state index contributed by atoms with van der Waals surface area (Å²) in [6.45, 7) is 15.0. The molecule has 0 saturated heterocycles. The zero-order valence-electron chi connectivity index (χ0n) is 28.9. The number of hydrogen-bond acceptors (Lipinski definition) is 8. The largest absolute Gasteiger partial charge is 0.444 e. The van der Waals surface area contributed by atoms with E-state index in [1.807, 2.05) is 41.5 Å². The van der Waals surface area contributed by atoms with Crippen LogP contribution < -0.4 is 21.7 Å². The molecule has 1 aromatic heterocycles. The van der Waals surface area contributed by atoms with Crippen LogP contribution in [0.25, 0.3) is 11.3 Å². The van der Waals surface area contributed by atoms with Crippen molar-refractivity contribution in [2.45, 2.75) is 111 Å². The maximum absolute atomic E-state index is 14.2. The lowest BCUT2D eigenvalue weighted by atomic mass is 10.0. The molecule has 268 valence electrons. The van der Waals surface area contributed by atoms with Crippen LogP contribution in [0.5, 0.6) is 0 Å². The van der Waals surface area contributed by atoms with Gasteiger partial charge < -0.3 is 35.7 Å². The lowest BCUT2D eigenvalue weighted by Gasteiger charge is -2.19. The van der Waals surface area contributed by atoms with E-state index in [1.54, 1.807) is 6.92 Å². The number of amides is 3. The Kier molecular flexibility index (Phi) is 21.0. The molecule has 2 rings (SSSR count). The molecular formula is C33H54Cl2FN5O6. The maximum atomic E-state index is 14.2. The van der Waals surface area contributed by atoms with Crippen LogP contribution in [0, 0.1) is 12.7 Å². The monoisotopic (exact) mass is 705 g/mol. The Hall–Kier alpha value is -3.09. The number of unbranched alkanes of at least 4 members (excludes halogenated alkanes) is 6. The maximum Gasteiger partial charge on any atom is 0.407 e. The third-order valence-corrected chi connectivity index (χ3v) is 6.46. The average Bonchev–Trinajstić information content (AvgIpc) is 3.31. The number of alkyl carbamates (subject to hydrolysis) is 2. The number of aryl methyl sites for hydroxylation is 1. The van der Waals surface area contributed by atoms with Crippen molar-refractivity contribution in [2.24, 2.45) is 5.73 Å². The first kappa shape index (κ1) is 43.9. The van der Waals surface area contributed by atoms with Gasteiger partial charge in [-0.15, -0.1) is 12.4 Å². The van der Waals surface area contributed by atoms with Gasteiger partial charge >= 0.3 is 12.2 Å². The summed E-state index contributed by atoms with van der Waals surface area (Å²) in [6.07, 6.45) is 6.88. The summed E-state index contributed by atoms with van der Waals surface area (Å²) < 4.78 is 29.6. The second-order valence-corrected chi connectivity index (χ2v) is 13.2. The molecule has 5 N–H and O–H groups in total. The van der Waals surface area contributed by atoms with Crippen molar-refractivity contribution in [3.63, 3.8) is 0 Å². The number of aromatic nitrogens is 1. The molecule has 0 fully saturated rings. The molecule has 0 aliphatic carbocycles. The second kappa shape index (κ2) is 22.5. The van der Waals surface area contributed by atoms with E-state index in [0.29, 0.717) is 25.4 Å². The Morgan fingerprint density at radius 1 is 0.830 bits per heavy atom. The Morgan fingerprint density at radius 3 is 1.74 bits per heavy atom. The van der Waals surface area contributed by atoms with Crippen molar-refractivity contribution in [1.82, 2.24) is 21.1 Å². The molecule has 1 aromatic carbocycles. The Labute approximate surface area is 290 Å². The number of ether oxygens (including phenoxy) is 2. The Bertz CT molecular complexity index is 1210. The van der Waals surface area contributed by atoms with E-state index >= 15 is 0 Å². The second-order valence-electron chi connectivity index (χ2n) is 12.8. The molecule has 3 amide bonds. The van der Waals surface area contributed by atoms with E-state index < -0.39 is 23.1 Å². The number of nitrogens with two attached hydrogens (primary N) is 1. The van der Waals surface area contributed by atoms with E-state index in [-0.39, 0.29) is 46.3 Å². The number of hydrogen-bond donors (Lipinski definition) is 4. The minimum Gasteiger partial charge on any atom is -0.444 e. The number of carbonyl (C=O) groups is 3. The van der Waals surface area contributed by atoms with Crippen LogP contribution in [0.4, 0.5) is 14.0 Å². The number of nitrogens with zero attached hydrogens (tertiary/aromatic N) is 1. The minimum atomic E-state index is -0.574. The number of nitrogens with one attached hydrogen (secondary N) is 3. The van der Waals surface area contributed by atoms with Gasteiger partial charge in [0, 0.05) is 19.6 Å². The molecule has 14 heteroatoms. The van der Waals surface area contributed by atoms with Crippen LogP contribution in [0.1, 0.15) is 109 Å². The summed E-state index contributed by atoms with van der Waals surface area (Å²) in [5.41, 5.74) is 4.76. The van der Waals surface area contributed by atoms with Crippen molar-refractivity contribution in [1.29, 1.82) is 0 Å². The molecule has 2 aromatic rings. The molecule has 11 nitrogen and oxygen atoms in total.